The summed E-state index contributed by atoms with van der Waals surface area (Å²) in [4.78, 5) is 17.0. The maximum Gasteiger partial charge on any atom is 0.243 e. The van der Waals surface area contributed by atoms with Gasteiger partial charge in [0.25, 0.3) is 0 Å². The number of carbonyl (C=O) groups is 1. The molecule has 1 amide bonds. The van der Waals surface area contributed by atoms with Gasteiger partial charge in [0.15, 0.2) is 4.34 Å². The van der Waals surface area contributed by atoms with E-state index in [0.717, 1.165) is 28.4 Å². The molecule has 4 rings (SSSR count). The summed E-state index contributed by atoms with van der Waals surface area (Å²) in [6.07, 6.45) is 1.77. The number of hydrogen-bond acceptors (Lipinski definition) is 6. The molecule has 2 heterocycles. The van der Waals surface area contributed by atoms with E-state index in [9.17, 15) is 17.6 Å². The number of halogens is 1. The van der Waals surface area contributed by atoms with E-state index in [2.05, 4.69) is 10.3 Å². The van der Waals surface area contributed by atoms with Gasteiger partial charge in [0.2, 0.25) is 15.9 Å². The first-order valence-corrected chi connectivity index (χ1v) is 13.0. The zero-order chi connectivity index (χ0) is 21.8. The number of thioether (sulfide) groups is 1. The highest BCUT2D eigenvalue weighted by molar-refractivity contribution is 8.01. The number of amides is 1. The summed E-state index contributed by atoms with van der Waals surface area (Å²) in [5.41, 5.74) is 2.10. The quantitative estimate of drug-likeness (QED) is 0.508. The van der Waals surface area contributed by atoms with E-state index in [1.807, 2.05) is 5.38 Å². The number of carbonyl (C=O) groups excluding carboxylic acids is 1. The number of benzene rings is 2. The summed E-state index contributed by atoms with van der Waals surface area (Å²) in [7, 11) is -3.46. The number of rotatable bonds is 7. The predicted molar refractivity (Wildman–Crippen MR) is 121 cm³/mol. The zero-order valence-electron chi connectivity index (χ0n) is 16.5. The Hall–Kier alpha value is -2.27. The predicted octanol–water partition coefficient (Wildman–Crippen LogP) is 4.46. The number of nitrogens with one attached hydrogen (secondary N) is 1. The maximum absolute atomic E-state index is 13.0. The van der Waals surface area contributed by atoms with Crippen LogP contribution in [-0.4, -0.2) is 42.5 Å². The standard InChI is InChI=1S/C21H20FN3O3S3/c22-16-5-3-15(4-6-16)19-13-29-21(24-19)30-14-20(26)23-17-7-9-18(10-8-17)31(27,28)25-11-1-2-12-25/h3-10,13H,1-2,11-12,14H2,(H,23,26). The van der Waals surface area contributed by atoms with E-state index in [0.29, 0.717) is 18.8 Å². The number of hydrogen-bond donors (Lipinski definition) is 1. The molecule has 0 unspecified atom stereocenters. The fourth-order valence-corrected chi connectivity index (χ4v) is 6.34. The fourth-order valence-electron chi connectivity index (χ4n) is 3.19. The largest absolute Gasteiger partial charge is 0.325 e. The van der Waals surface area contributed by atoms with Crippen LogP contribution in [-0.2, 0) is 14.8 Å². The monoisotopic (exact) mass is 477 g/mol. The van der Waals surface area contributed by atoms with Crippen molar-refractivity contribution in [3.8, 4) is 11.3 Å². The third-order valence-corrected chi connectivity index (χ3v) is 8.72. The molecule has 1 aliphatic heterocycles. The maximum atomic E-state index is 13.0. The zero-order valence-corrected chi connectivity index (χ0v) is 18.9. The van der Waals surface area contributed by atoms with Crippen molar-refractivity contribution in [1.29, 1.82) is 0 Å². The van der Waals surface area contributed by atoms with Crippen molar-refractivity contribution >= 4 is 44.7 Å². The molecule has 1 N–H and O–H groups in total. The molecule has 3 aromatic rings. The van der Waals surface area contributed by atoms with E-state index >= 15 is 0 Å². The Morgan fingerprint density at radius 3 is 2.45 bits per heavy atom. The molecule has 1 saturated heterocycles. The number of anilines is 1. The third kappa shape index (κ3) is 5.32. The lowest BCUT2D eigenvalue weighted by Crippen LogP contribution is -2.27. The van der Waals surface area contributed by atoms with Crippen molar-refractivity contribution in [3.05, 3.63) is 59.7 Å². The van der Waals surface area contributed by atoms with Crippen LogP contribution in [0.25, 0.3) is 11.3 Å². The Morgan fingerprint density at radius 2 is 1.77 bits per heavy atom. The van der Waals surface area contributed by atoms with Crippen molar-refractivity contribution < 1.29 is 17.6 Å². The molecule has 1 aromatic heterocycles. The molecule has 10 heteroatoms. The van der Waals surface area contributed by atoms with Gasteiger partial charge >= 0.3 is 0 Å². The van der Waals surface area contributed by atoms with Crippen molar-refractivity contribution in [3.63, 3.8) is 0 Å². The smallest absolute Gasteiger partial charge is 0.243 e. The lowest BCUT2D eigenvalue weighted by Gasteiger charge is -2.15. The average Bonchev–Trinajstić information content (AvgIpc) is 3.46. The molecule has 31 heavy (non-hydrogen) atoms. The molecule has 0 saturated carbocycles. The molecule has 0 radical (unpaired) electrons. The minimum atomic E-state index is -3.46. The van der Waals surface area contributed by atoms with Crippen LogP contribution in [0.4, 0.5) is 10.1 Å². The molecular formula is C21H20FN3O3S3. The Kier molecular flexibility index (Phi) is 6.71. The second-order valence-electron chi connectivity index (χ2n) is 6.98. The second-order valence-corrected chi connectivity index (χ2v) is 11.0. The van der Waals surface area contributed by atoms with E-state index < -0.39 is 10.0 Å². The number of nitrogens with zero attached hydrogens (tertiary/aromatic N) is 2. The topological polar surface area (TPSA) is 79.4 Å². The van der Waals surface area contributed by atoms with E-state index in [-0.39, 0.29) is 22.4 Å². The molecule has 0 atom stereocenters. The van der Waals surface area contributed by atoms with E-state index in [1.165, 1.54) is 51.7 Å². The summed E-state index contributed by atoms with van der Waals surface area (Å²) >= 11 is 2.73. The summed E-state index contributed by atoms with van der Waals surface area (Å²) in [6, 6.07) is 12.3. The molecule has 1 fully saturated rings. The molecule has 0 aliphatic carbocycles. The van der Waals surface area contributed by atoms with Crippen LogP contribution < -0.4 is 5.32 Å². The fraction of sp³-hybridized carbons (Fsp3) is 0.238. The highest BCUT2D eigenvalue weighted by Crippen LogP contribution is 2.28. The van der Waals surface area contributed by atoms with Crippen molar-refractivity contribution in [2.24, 2.45) is 0 Å². The van der Waals surface area contributed by atoms with Crippen LogP contribution >= 0.6 is 23.1 Å². The SMILES string of the molecule is O=C(CSc1nc(-c2ccc(F)cc2)cs1)Nc1ccc(S(=O)(=O)N2CCCC2)cc1. The number of aromatic nitrogens is 1. The van der Waals surface area contributed by atoms with Gasteiger partial charge in [-0.15, -0.1) is 11.3 Å². The van der Waals surface area contributed by atoms with Crippen molar-refractivity contribution in [2.75, 3.05) is 24.2 Å². The average molecular weight is 478 g/mol. The highest BCUT2D eigenvalue weighted by atomic mass is 32.2. The van der Waals surface area contributed by atoms with Crippen LogP contribution in [0.3, 0.4) is 0 Å². The molecule has 6 nitrogen and oxygen atoms in total. The van der Waals surface area contributed by atoms with Gasteiger partial charge in [-0.3, -0.25) is 4.79 Å². The van der Waals surface area contributed by atoms with Gasteiger partial charge in [-0.25, -0.2) is 17.8 Å². The van der Waals surface area contributed by atoms with Crippen LogP contribution in [0.5, 0.6) is 0 Å². The lowest BCUT2D eigenvalue weighted by atomic mass is 10.2. The lowest BCUT2D eigenvalue weighted by molar-refractivity contribution is -0.113. The molecule has 0 spiro atoms. The van der Waals surface area contributed by atoms with Crippen molar-refractivity contribution in [1.82, 2.24) is 9.29 Å². The van der Waals surface area contributed by atoms with Gasteiger partial charge in [-0.2, -0.15) is 4.31 Å². The Balaban J connectivity index is 1.31. The minimum Gasteiger partial charge on any atom is -0.325 e. The third-order valence-electron chi connectivity index (χ3n) is 4.79. The summed E-state index contributed by atoms with van der Waals surface area (Å²) < 4.78 is 40.4. The minimum absolute atomic E-state index is 0.171. The Morgan fingerprint density at radius 1 is 1.10 bits per heavy atom. The summed E-state index contributed by atoms with van der Waals surface area (Å²) in [5, 5.41) is 4.64. The summed E-state index contributed by atoms with van der Waals surface area (Å²) in [5.74, 6) is -0.338. The molecule has 0 bridgehead atoms. The Labute approximate surface area is 188 Å². The first kappa shape index (κ1) is 21.9. The first-order valence-electron chi connectivity index (χ1n) is 9.66. The highest BCUT2D eigenvalue weighted by Gasteiger charge is 2.26. The van der Waals surface area contributed by atoms with Gasteiger partial charge < -0.3 is 5.32 Å². The first-order chi connectivity index (χ1) is 14.9. The molecule has 1 aliphatic rings. The normalized spacial score (nSPS) is 14.6. The summed E-state index contributed by atoms with van der Waals surface area (Å²) in [6.45, 7) is 1.11. The molecule has 2 aromatic carbocycles. The van der Waals surface area contributed by atoms with Crippen LogP contribution in [0.15, 0.2) is 63.1 Å². The van der Waals surface area contributed by atoms with Gasteiger partial charge in [0.05, 0.1) is 16.3 Å². The molecule has 162 valence electrons. The van der Waals surface area contributed by atoms with Gasteiger partial charge in [0, 0.05) is 29.7 Å². The number of thiazole rings is 1. The van der Waals surface area contributed by atoms with Crippen LogP contribution in [0.1, 0.15) is 12.8 Å². The Bertz CT molecular complexity index is 1160. The van der Waals surface area contributed by atoms with E-state index in [1.54, 1.807) is 24.3 Å². The van der Waals surface area contributed by atoms with Gasteiger partial charge in [-0.1, -0.05) is 11.8 Å². The molecular weight excluding hydrogens is 457 g/mol. The van der Waals surface area contributed by atoms with Crippen molar-refractivity contribution in [2.45, 2.75) is 22.1 Å². The van der Waals surface area contributed by atoms with Gasteiger partial charge in [0.1, 0.15) is 5.82 Å². The van der Waals surface area contributed by atoms with Crippen LogP contribution in [0.2, 0.25) is 0 Å². The number of sulfonamides is 1. The van der Waals surface area contributed by atoms with Crippen LogP contribution in [0, 0.1) is 5.82 Å². The van der Waals surface area contributed by atoms with Gasteiger partial charge in [-0.05, 0) is 61.4 Å². The second kappa shape index (κ2) is 9.47. The van der Waals surface area contributed by atoms with E-state index in [4.69, 9.17) is 0 Å².